The van der Waals surface area contributed by atoms with Crippen molar-refractivity contribution in [3.8, 4) is 0 Å². The molecule has 2 aromatic rings. The molecule has 0 bridgehead atoms. The molecule has 18 heavy (non-hydrogen) atoms. The van der Waals surface area contributed by atoms with Crippen LogP contribution in [0.25, 0.3) is 0 Å². The lowest BCUT2D eigenvalue weighted by molar-refractivity contribution is 0.0975. The van der Waals surface area contributed by atoms with Gasteiger partial charge in [-0.05, 0) is 46.2 Å². The van der Waals surface area contributed by atoms with Crippen molar-refractivity contribution >= 4 is 28.4 Å². The Hall–Kier alpha value is -1.16. The van der Waals surface area contributed by atoms with Crippen LogP contribution in [0.2, 0.25) is 0 Å². The Kier molecular flexibility index (Phi) is 4.53. The third-order valence-corrected chi connectivity index (χ3v) is 3.75. The summed E-state index contributed by atoms with van der Waals surface area (Å²) in [5.41, 5.74) is 2.02. The van der Waals surface area contributed by atoms with Crippen LogP contribution >= 0.6 is 22.6 Å². The molecule has 0 aliphatic rings. The Morgan fingerprint density at radius 3 is 2.28 bits per heavy atom. The fraction of sp³-hybridized carbons (Fsp3) is 0.188. The Morgan fingerprint density at radius 1 is 1.06 bits per heavy atom. The van der Waals surface area contributed by atoms with Crippen molar-refractivity contribution in [2.75, 3.05) is 0 Å². The van der Waals surface area contributed by atoms with Crippen LogP contribution in [-0.4, -0.2) is 5.78 Å². The van der Waals surface area contributed by atoms with E-state index in [1.54, 1.807) is 0 Å². The van der Waals surface area contributed by atoms with Gasteiger partial charge in [0.1, 0.15) is 0 Å². The van der Waals surface area contributed by atoms with Crippen LogP contribution in [-0.2, 0) is 0 Å². The number of hydrogen-bond acceptors (Lipinski definition) is 1. The smallest absolute Gasteiger partial charge is 0.163 e. The number of benzene rings is 2. The lowest BCUT2D eigenvalue weighted by atomic mass is 9.93. The van der Waals surface area contributed by atoms with Crippen molar-refractivity contribution in [3.05, 3.63) is 69.3 Å². The molecule has 0 aromatic heterocycles. The van der Waals surface area contributed by atoms with Crippen molar-refractivity contribution in [2.45, 2.75) is 19.3 Å². The SMILES string of the molecule is CC(CC(=O)c1ccc(I)cc1)c1ccccc1. The van der Waals surface area contributed by atoms with E-state index in [4.69, 9.17) is 0 Å². The fourth-order valence-electron chi connectivity index (χ4n) is 1.93. The molecule has 1 nitrogen and oxygen atoms in total. The summed E-state index contributed by atoms with van der Waals surface area (Å²) in [6.45, 7) is 2.10. The molecule has 0 aliphatic carbocycles. The van der Waals surface area contributed by atoms with Crippen molar-refractivity contribution in [1.82, 2.24) is 0 Å². The van der Waals surface area contributed by atoms with Gasteiger partial charge >= 0.3 is 0 Å². The Labute approximate surface area is 121 Å². The average molecular weight is 350 g/mol. The van der Waals surface area contributed by atoms with Gasteiger partial charge in [-0.25, -0.2) is 0 Å². The second-order valence-corrected chi connectivity index (χ2v) is 5.69. The van der Waals surface area contributed by atoms with E-state index in [-0.39, 0.29) is 11.7 Å². The van der Waals surface area contributed by atoms with Gasteiger partial charge in [-0.2, -0.15) is 0 Å². The van der Waals surface area contributed by atoms with Gasteiger partial charge in [0, 0.05) is 15.6 Å². The van der Waals surface area contributed by atoms with Gasteiger partial charge in [-0.1, -0.05) is 49.4 Å². The minimum atomic E-state index is 0.211. The molecule has 2 rings (SSSR count). The Balaban J connectivity index is 2.06. The summed E-state index contributed by atoms with van der Waals surface area (Å²) in [5.74, 6) is 0.473. The van der Waals surface area contributed by atoms with Crippen LogP contribution in [0, 0.1) is 3.57 Å². The number of carbonyl (C=O) groups is 1. The number of hydrogen-bond donors (Lipinski definition) is 0. The van der Waals surface area contributed by atoms with E-state index in [9.17, 15) is 4.79 Å². The predicted octanol–water partition coefficient (Wildman–Crippen LogP) is 4.67. The number of rotatable bonds is 4. The van der Waals surface area contributed by atoms with Crippen molar-refractivity contribution < 1.29 is 4.79 Å². The van der Waals surface area contributed by atoms with Gasteiger partial charge in [0.15, 0.2) is 5.78 Å². The zero-order chi connectivity index (χ0) is 13.0. The van der Waals surface area contributed by atoms with Crippen LogP contribution in [0.5, 0.6) is 0 Å². The maximum Gasteiger partial charge on any atom is 0.163 e. The summed E-state index contributed by atoms with van der Waals surface area (Å²) < 4.78 is 1.15. The minimum Gasteiger partial charge on any atom is -0.294 e. The number of halogens is 1. The summed E-state index contributed by atoms with van der Waals surface area (Å²) in [5, 5.41) is 0. The molecule has 0 amide bonds. The van der Waals surface area contributed by atoms with E-state index in [0.29, 0.717) is 6.42 Å². The zero-order valence-corrected chi connectivity index (χ0v) is 12.4. The topological polar surface area (TPSA) is 17.1 Å². The van der Waals surface area contributed by atoms with E-state index >= 15 is 0 Å². The molecular weight excluding hydrogens is 335 g/mol. The monoisotopic (exact) mass is 350 g/mol. The molecule has 1 unspecified atom stereocenters. The highest BCUT2D eigenvalue weighted by atomic mass is 127. The van der Waals surface area contributed by atoms with Crippen LogP contribution in [0.1, 0.15) is 35.2 Å². The molecule has 2 heteroatoms. The molecule has 0 saturated carbocycles. The van der Waals surface area contributed by atoms with Gasteiger partial charge in [0.05, 0.1) is 0 Å². The molecule has 0 saturated heterocycles. The minimum absolute atomic E-state index is 0.211. The van der Waals surface area contributed by atoms with Crippen LogP contribution in [0.3, 0.4) is 0 Å². The molecule has 0 fully saturated rings. The highest BCUT2D eigenvalue weighted by molar-refractivity contribution is 14.1. The Morgan fingerprint density at radius 2 is 1.67 bits per heavy atom. The molecule has 2 aromatic carbocycles. The summed E-state index contributed by atoms with van der Waals surface area (Å²) in [6.07, 6.45) is 0.560. The van der Waals surface area contributed by atoms with E-state index in [0.717, 1.165) is 9.13 Å². The molecule has 0 heterocycles. The summed E-state index contributed by atoms with van der Waals surface area (Å²) in [6, 6.07) is 17.9. The molecule has 1 atom stereocenters. The average Bonchev–Trinajstić information content (AvgIpc) is 2.40. The summed E-state index contributed by atoms with van der Waals surface area (Å²) >= 11 is 2.24. The van der Waals surface area contributed by atoms with E-state index in [1.807, 2.05) is 42.5 Å². The first-order valence-corrected chi connectivity index (χ1v) is 7.08. The first-order valence-electron chi connectivity index (χ1n) is 6.00. The maximum atomic E-state index is 12.1. The lowest BCUT2D eigenvalue weighted by Gasteiger charge is -2.10. The third kappa shape index (κ3) is 3.42. The molecular formula is C16H15IO. The predicted molar refractivity (Wildman–Crippen MR) is 83.0 cm³/mol. The third-order valence-electron chi connectivity index (χ3n) is 3.03. The standard InChI is InChI=1S/C16H15IO/c1-12(13-5-3-2-4-6-13)11-16(18)14-7-9-15(17)10-8-14/h2-10,12H,11H2,1H3. The summed E-state index contributed by atoms with van der Waals surface area (Å²) in [4.78, 5) is 12.1. The van der Waals surface area contributed by atoms with Crippen LogP contribution in [0.15, 0.2) is 54.6 Å². The lowest BCUT2D eigenvalue weighted by Crippen LogP contribution is -2.05. The second kappa shape index (κ2) is 6.14. The van der Waals surface area contributed by atoms with Crippen molar-refractivity contribution in [1.29, 1.82) is 0 Å². The highest BCUT2D eigenvalue weighted by Gasteiger charge is 2.12. The number of Topliss-reactive ketones (excluding diaryl/α,β-unsaturated/α-hetero) is 1. The van der Waals surface area contributed by atoms with Crippen LogP contribution < -0.4 is 0 Å². The first kappa shape index (κ1) is 13.3. The van der Waals surface area contributed by atoms with E-state index in [2.05, 4.69) is 41.6 Å². The van der Waals surface area contributed by atoms with Gasteiger partial charge in [-0.15, -0.1) is 0 Å². The maximum absolute atomic E-state index is 12.1. The number of carbonyl (C=O) groups excluding carboxylic acids is 1. The molecule has 0 N–H and O–H groups in total. The number of ketones is 1. The fourth-order valence-corrected chi connectivity index (χ4v) is 2.29. The summed E-state index contributed by atoms with van der Waals surface area (Å²) in [7, 11) is 0. The van der Waals surface area contributed by atoms with Gasteiger partial charge in [0.2, 0.25) is 0 Å². The van der Waals surface area contributed by atoms with Gasteiger partial charge in [-0.3, -0.25) is 4.79 Å². The normalized spacial score (nSPS) is 12.1. The molecule has 92 valence electrons. The highest BCUT2D eigenvalue weighted by Crippen LogP contribution is 2.21. The largest absolute Gasteiger partial charge is 0.294 e. The molecule has 0 radical (unpaired) electrons. The molecule has 0 aliphatic heterocycles. The van der Waals surface area contributed by atoms with Crippen molar-refractivity contribution in [3.63, 3.8) is 0 Å². The van der Waals surface area contributed by atoms with Crippen molar-refractivity contribution in [2.24, 2.45) is 0 Å². The zero-order valence-electron chi connectivity index (χ0n) is 10.3. The van der Waals surface area contributed by atoms with E-state index in [1.165, 1.54) is 5.56 Å². The quantitative estimate of drug-likeness (QED) is 0.579. The van der Waals surface area contributed by atoms with Gasteiger partial charge < -0.3 is 0 Å². The second-order valence-electron chi connectivity index (χ2n) is 4.45. The first-order chi connectivity index (χ1) is 8.66. The van der Waals surface area contributed by atoms with Gasteiger partial charge in [0.25, 0.3) is 0 Å². The molecule has 0 spiro atoms. The van der Waals surface area contributed by atoms with E-state index < -0.39 is 0 Å². The van der Waals surface area contributed by atoms with Crippen LogP contribution in [0.4, 0.5) is 0 Å². The Bertz CT molecular complexity index is 517.